The third-order valence-electron chi connectivity index (χ3n) is 3.06. The topological polar surface area (TPSA) is 51.8 Å². The first-order valence-electron chi connectivity index (χ1n) is 5.94. The smallest absolute Gasteiger partial charge is 0.162 e. The Morgan fingerprint density at radius 1 is 1.00 bits per heavy atom. The van der Waals surface area contributed by atoms with E-state index in [4.69, 9.17) is 17.3 Å². The average molecular weight is 270 g/mol. The summed E-state index contributed by atoms with van der Waals surface area (Å²) in [5.74, 6) is 1.13. The van der Waals surface area contributed by atoms with Gasteiger partial charge >= 0.3 is 0 Å². The number of benzene rings is 2. The van der Waals surface area contributed by atoms with E-state index in [1.807, 2.05) is 49.4 Å². The summed E-state index contributed by atoms with van der Waals surface area (Å²) in [4.78, 5) is 8.95. The van der Waals surface area contributed by atoms with Crippen LogP contribution in [0.2, 0.25) is 5.02 Å². The summed E-state index contributed by atoms with van der Waals surface area (Å²) in [7, 11) is 0. The number of aryl methyl sites for hydroxylation is 1. The van der Waals surface area contributed by atoms with Crippen molar-refractivity contribution in [3.63, 3.8) is 0 Å². The van der Waals surface area contributed by atoms with E-state index in [2.05, 4.69) is 9.97 Å². The van der Waals surface area contributed by atoms with Gasteiger partial charge in [-0.15, -0.1) is 0 Å². The predicted molar refractivity (Wildman–Crippen MR) is 79.1 cm³/mol. The van der Waals surface area contributed by atoms with Crippen LogP contribution in [-0.4, -0.2) is 9.97 Å². The Labute approximate surface area is 116 Å². The fourth-order valence-corrected chi connectivity index (χ4v) is 2.24. The molecular weight excluding hydrogens is 258 g/mol. The zero-order valence-electron chi connectivity index (χ0n) is 10.4. The van der Waals surface area contributed by atoms with E-state index in [1.165, 1.54) is 0 Å². The quantitative estimate of drug-likeness (QED) is 0.730. The Bertz CT molecular complexity index is 751. The predicted octanol–water partition coefficient (Wildman–Crippen LogP) is 3.84. The highest BCUT2D eigenvalue weighted by atomic mass is 35.5. The molecule has 3 nitrogen and oxygen atoms in total. The van der Waals surface area contributed by atoms with E-state index < -0.39 is 0 Å². The zero-order chi connectivity index (χ0) is 13.4. The van der Waals surface area contributed by atoms with Crippen molar-refractivity contribution in [2.24, 2.45) is 0 Å². The van der Waals surface area contributed by atoms with Crippen molar-refractivity contribution in [1.82, 2.24) is 9.97 Å². The van der Waals surface area contributed by atoms with Crippen molar-refractivity contribution in [2.45, 2.75) is 6.92 Å². The van der Waals surface area contributed by atoms with E-state index in [-0.39, 0.29) is 0 Å². The van der Waals surface area contributed by atoms with Gasteiger partial charge in [0.05, 0.1) is 5.52 Å². The summed E-state index contributed by atoms with van der Waals surface area (Å²) in [5, 5.41) is 1.61. The molecule has 0 saturated heterocycles. The van der Waals surface area contributed by atoms with Crippen LogP contribution in [0.15, 0.2) is 42.5 Å². The Morgan fingerprint density at radius 2 is 1.74 bits per heavy atom. The maximum absolute atomic E-state index is 6.05. The summed E-state index contributed by atoms with van der Waals surface area (Å²) in [6.45, 7) is 2.00. The molecule has 3 aromatic rings. The summed E-state index contributed by atoms with van der Waals surface area (Å²) >= 11 is 5.88. The summed E-state index contributed by atoms with van der Waals surface area (Å²) in [6, 6.07) is 13.3. The first-order chi connectivity index (χ1) is 9.15. The van der Waals surface area contributed by atoms with Crippen LogP contribution < -0.4 is 5.73 Å². The SMILES string of the molecule is Cc1cccc2nc(-c3ccc(Cl)cc3)nc(N)c12. The second-order valence-electron chi connectivity index (χ2n) is 4.41. The maximum Gasteiger partial charge on any atom is 0.162 e. The molecule has 19 heavy (non-hydrogen) atoms. The van der Waals surface area contributed by atoms with Gasteiger partial charge in [-0.1, -0.05) is 23.7 Å². The molecule has 0 aliphatic heterocycles. The van der Waals surface area contributed by atoms with Crippen LogP contribution in [0.4, 0.5) is 5.82 Å². The molecular formula is C15H12ClN3. The Kier molecular flexibility index (Phi) is 2.84. The number of halogens is 1. The summed E-state index contributed by atoms with van der Waals surface area (Å²) < 4.78 is 0. The minimum Gasteiger partial charge on any atom is -0.383 e. The molecule has 94 valence electrons. The third kappa shape index (κ3) is 2.13. The van der Waals surface area contributed by atoms with Crippen LogP contribution in [0.1, 0.15) is 5.56 Å². The third-order valence-corrected chi connectivity index (χ3v) is 3.31. The van der Waals surface area contributed by atoms with Crippen molar-refractivity contribution >= 4 is 28.3 Å². The van der Waals surface area contributed by atoms with Crippen LogP contribution in [0.25, 0.3) is 22.3 Å². The van der Waals surface area contributed by atoms with E-state index in [0.29, 0.717) is 16.7 Å². The molecule has 0 aliphatic rings. The number of nitrogen functional groups attached to an aromatic ring is 1. The lowest BCUT2D eigenvalue weighted by molar-refractivity contribution is 1.23. The van der Waals surface area contributed by atoms with E-state index in [1.54, 1.807) is 0 Å². The molecule has 2 N–H and O–H groups in total. The minimum absolute atomic E-state index is 0.507. The maximum atomic E-state index is 6.05. The van der Waals surface area contributed by atoms with Gasteiger partial charge in [-0.05, 0) is 42.8 Å². The summed E-state index contributed by atoms with van der Waals surface area (Å²) in [5.41, 5.74) is 8.89. The molecule has 0 fully saturated rings. The van der Waals surface area contributed by atoms with Gasteiger partial charge in [0.1, 0.15) is 5.82 Å². The van der Waals surface area contributed by atoms with E-state index in [9.17, 15) is 0 Å². The Morgan fingerprint density at radius 3 is 2.47 bits per heavy atom. The first kappa shape index (κ1) is 11.9. The second-order valence-corrected chi connectivity index (χ2v) is 4.84. The number of nitrogens with zero attached hydrogens (tertiary/aromatic N) is 2. The van der Waals surface area contributed by atoms with Gasteiger partial charge in [0.2, 0.25) is 0 Å². The lowest BCUT2D eigenvalue weighted by atomic mass is 10.1. The Hall–Kier alpha value is -2.13. The monoisotopic (exact) mass is 269 g/mol. The van der Waals surface area contributed by atoms with E-state index >= 15 is 0 Å². The number of aromatic nitrogens is 2. The van der Waals surface area contributed by atoms with Gasteiger partial charge in [0.15, 0.2) is 5.82 Å². The molecule has 0 saturated carbocycles. The largest absolute Gasteiger partial charge is 0.383 e. The Balaban J connectivity index is 2.24. The molecule has 0 atom stereocenters. The van der Waals surface area contributed by atoms with Crippen molar-refractivity contribution in [3.05, 3.63) is 53.1 Å². The summed E-state index contributed by atoms with van der Waals surface area (Å²) in [6.07, 6.45) is 0. The highest BCUT2D eigenvalue weighted by molar-refractivity contribution is 6.30. The fraction of sp³-hybridized carbons (Fsp3) is 0.0667. The molecule has 0 radical (unpaired) electrons. The van der Waals surface area contributed by atoms with Crippen molar-refractivity contribution < 1.29 is 0 Å². The van der Waals surface area contributed by atoms with Crippen LogP contribution in [0, 0.1) is 6.92 Å². The molecule has 2 aromatic carbocycles. The molecule has 4 heteroatoms. The number of rotatable bonds is 1. The highest BCUT2D eigenvalue weighted by Crippen LogP contribution is 2.26. The van der Waals surface area contributed by atoms with Crippen LogP contribution in [-0.2, 0) is 0 Å². The standard InChI is InChI=1S/C15H12ClN3/c1-9-3-2-4-12-13(9)14(17)19-15(18-12)10-5-7-11(16)8-6-10/h2-8H,1H3,(H2,17,18,19). The van der Waals surface area contributed by atoms with Crippen molar-refractivity contribution in [2.75, 3.05) is 5.73 Å². The molecule has 0 unspecified atom stereocenters. The lowest BCUT2D eigenvalue weighted by Crippen LogP contribution is -1.99. The molecule has 0 spiro atoms. The minimum atomic E-state index is 0.507. The van der Waals surface area contributed by atoms with Crippen LogP contribution >= 0.6 is 11.6 Å². The highest BCUT2D eigenvalue weighted by Gasteiger charge is 2.08. The first-order valence-corrected chi connectivity index (χ1v) is 6.32. The molecule has 0 amide bonds. The van der Waals surface area contributed by atoms with Gasteiger partial charge in [-0.25, -0.2) is 9.97 Å². The van der Waals surface area contributed by atoms with Crippen LogP contribution in [0.3, 0.4) is 0 Å². The molecule has 3 rings (SSSR count). The van der Waals surface area contributed by atoms with Gasteiger partial charge in [-0.3, -0.25) is 0 Å². The van der Waals surface area contributed by atoms with Crippen molar-refractivity contribution in [3.8, 4) is 11.4 Å². The molecule has 0 aliphatic carbocycles. The van der Waals surface area contributed by atoms with E-state index in [0.717, 1.165) is 22.0 Å². The molecule has 0 bridgehead atoms. The molecule has 1 aromatic heterocycles. The van der Waals surface area contributed by atoms with Gasteiger partial charge in [-0.2, -0.15) is 0 Å². The number of hydrogen-bond acceptors (Lipinski definition) is 3. The number of nitrogens with two attached hydrogens (primary N) is 1. The average Bonchev–Trinajstić information content (AvgIpc) is 2.39. The zero-order valence-corrected chi connectivity index (χ0v) is 11.1. The van der Waals surface area contributed by atoms with Gasteiger partial charge < -0.3 is 5.73 Å². The van der Waals surface area contributed by atoms with Crippen molar-refractivity contribution in [1.29, 1.82) is 0 Å². The lowest BCUT2D eigenvalue weighted by Gasteiger charge is -2.07. The van der Waals surface area contributed by atoms with Gasteiger partial charge in [0, 0.05) is 16.0 Å². The number of hydrogen-bond donors (Lipinski definition) is 1. The van der Waals surface area contributed by atoms with Gasteiger partial charge in [0.25, 0.3) is 0 Å². The fourth-order valence-electron chi connectivity index (χ4n) is 2.12. The normalized spacial score (nSPS) is 10.8. The second kappa shape index (κ2) is 4.52. The number of anilines is 1. The number of fused-ring (bicyclic) bond motifs is 1. The molecule has 1 heterocycles. The van der Waals surface area contributed by atoms with Crippen LogP contribution in [0.5, 0.6) is 0 Å².